The van der Waals surface area contributed by atoms with Crippen molar-refractivity contribution in [2.75, 3.05) is 43.9 Å². The number of nitrogens with one attached hydrogen (secondary N) is 1. The molecule has 3 N–H and O–H groups in total. The Hall–Kier alpha value is -1.30. The topological polar surface area (TPSA) is 61.6 Å². The van der Waals surface area contributed by atoms with Gasteiger partial charge in [0.05, 0.1) is 17.3 Å². The SMILES string of the molecule is CN(C)c1ccc(NC(=O)CN2CCC(N)CC2)cc1Cl. The lowest BCUT2D eigenvalue weighted by Crippen LogP contribution is -2.43. The first-order valence-electron chi connectivity index (χ1n) is 7.20. The molecule has 1 aromatic carbocycles. The molecular formula is C15H23ClN4O. The number of hydrogen-bond acceptors (Lipinski definition) is 4. The Balaban J connectivity index is 1.89. The predicted molar refractivity (Wildman–Crippen MR) is 88.1 cm³/mol. The first-order valence-corrected chi connectivity index (χ1v) is 7.58. The van der Waals surface area contributed by atoms with Crippen molar-refractivity contribution in [3.05, 3.63) is 23.2 Å². The number of nitrogens with zero attached hydrogens (tertiary/aromatic N) is 2. The molecule has 0 bridgehead atoms. The van der Waals surface area contributed by atoms with Crippen LogP contribution in [0.3, 0.4) is 0 Å². The van der Waals surface area contributed by atoms with Gasteiger partial charge in [0.15, 0.2) is 0 Å². The Morgan fingerprint density at radius 3 is 2.67 bits per heavy atom. The molecule has 21 heavy (non-hydrogen) atoms. The van der Waals surface area contributed by atoms with Gasteiger partial charge in [-0.3, -0.25) is 9.69 Å². The highest BCUT2D eigenvalue weighted by Crippen LogP contribution is 2.27. The van der Waals surface area contributed by atoms with E-state index in [1.165, 1.54) is 0 Å². The second kappa shape index (κ2) is 7.11. The smallest absolute Gasteiger partial charge is 0.238 e. The highest BCUT2D eigenvalue weighted by molar-refractivity contribution is 6.33. The molecular weight excluding hydrogens is 288 g/mol. The second-order valence-electron chi connectivity index (χ2n) is 5.72. The number of rotatable bonds is 4. The van der Waals surface area contributed by atoms with Crippen LogP contribution >= 0.6 is 11.6 Å². The maximum absolute atomic E-state index is 12.1. The number of amides is 1. The minimum absolute atomic E-state index is 0.0147. The van der Waals surface area contributed by atoms with Gasteiger partial charge in [0.25, 0.3) is 0 Å². The number of carbonyl (C=O) groups is 1. The van der Waals surface area contributed by atoms with Crippen molar-refractivity contribution in [3.8, 4) is 0 Å². The van der Waals surface area contributed by atoms with Crippen LogP contribution in [0.15, 0.2) is 18.2 Å². The van der Waals surface area contributed by atoms with E-state index in [1.54, 1.807) is 6.07 Å². The molecule has 0 atom stereocenters. The molecule has 1 aliphatic heterocycles. The molecule has 1 fully saturated rings. The third-order valence-corrected chi connectivity index (χ3v) is 4.02. The lowest BCUT2D eigenvalue weighted by molar-refractivity contribution is -0.117. The fourth-order valence-corrected chi connectivity index (χ4v) is 2.81. The molecule has 0 spiro atoms. The lowest BCUT2D eigenvalue weighted by Gasteiger charge is -2.29. The molecule has 5 nitrogen and oxygen atoms in total. The van der Waals surface area contributed by atoms with Gasteiger partial charge in [0.2, 0.25) is 5.91 Å². The number of anilines is 2. The molecule has 1 aliphatic rings. The number of hydrogen-bond donors (Lipinski definition) is 2. The van der Waals surface area contributed by atoms with Gasteiger partial charge in [0, 0.05) is 38.9 Å². The van der Waals surface area contributed by atoms with Crippen molar-refractivity contribution in [1.82, 2.24) is 4.90 Å². The third kappa shape index (κ3) is 4.59. The van der Waals surface area contributed by atoms with E-state index in [0.717, 1.165) is 37.3 Å². The van der Waals surface area contributed by atoms with Crippen molar-refractivity contribution >= 4 is 28.9 Å². The predicted octanol–water partition coefficient (Wildman–Crippen LogP) is 1.77. The Bertz CT molecular complexity index is 498. The van der Waals surface area contributed by atoms with Crippen molar-refractivity contribution in [2.24, 2.45) is 5.73 Å². The normalized spacial score (nSPS) is 16.8. The lowest BCUT2D eigenvalue weighted by atomic mass is 10.1. The molecule has 0 radical (unpaired) electrons. The van der Waals surface area contributed by atoms with Crippen LogP contribution in [0.1, 0.15) is 12.8 Å². The zero-order valence-electron chi connectivity index (χ0n) is 12.6. The van der Waals surface area contributed by atoms with Crippen LogP contribution in [-0.4, -0.2) is 50.6 Å². The molecule has 1 saturated heterocycles. The minimum Gasteiger partial charge on any atom is -0.376 e. The molecule has 1 amide bonds. The molecule has 1 aromatic rings. The van der Waals surface area contributed by atoms with Crippen LogP contribution < -0.4 is 16.0 Å². The van der Waals surface area contributed by atoms with Crippen LogP contribution in [0.5, 0.6) is 0 Å². The van der Waals surface area contributed by atoms with Crippen LogP contribution in [-0.2, 0) is 4.79 Å². The fourth-order valence-electron chi connectivity index (χ4n) is 2.46. The standard InChI is InChI=1S/C15H23ClN4O/c1-19(2)14-4-3-12(9-13(14)16)18-15(21)10-20-7-5-11(17)6-8-20/h3-4,9,11H,5-8,10,17H2,1-2H3,(H,18,21). The zero-order valence-corrected chi connectivity index (χ0v) is 13.4. The van der Waals surface area contributed by atoms with Gasteiger partial charge in [-0.05, 0) is 31.0 Å². The molecule has 1 heterocycles. The highest BCUT2D eigenvalue weighted by atomic mass is 35.5. The van der Waals surface area contributed by atoms with E-state index >= 15 is 0 Å². The summed E-state index contributed by atoms with van der Waals surface area (Å²) < 4.78 is 0. The van der Waals surface area contributed by atoms with E-state index in [1.807, 2.05) is 31.1 Å². The summed E-state index contributed by atoms with van der Waals surface area (Å²) in [5.41, 5.74) is 7.52. The Labute approximate surface area is 131 Å². The average molecular weight is 311 g/mol. The quantitative estimate of drug-likeness (QED) is 0.890. The Kier molecular flexibility index (Phi) is 5.45. The van der Waals surface area contributed by atoms with E-state index in [-0.39, 0.29) is 11.9 Å². The van der Waals surface area contributed by atoms with Crippen molar-refractivity contribution in [1.29, 1.82) is 0 Å². The van der Waals surface area contributed by atoms with Gasteiger partial charge in [-0.25, -0.2) is 0 Å². The molecule has 116 valence electrons. The fraction of sp³-hybridized carbons (Fsp3) is 0.533. The molecule has 0 saturated carbocycles. The van der Waals surface area contributed by atoms with E-state index in [9.17, 15) is 4.79 Å². The van der Waals surface area contributed by atoms with Gasteiger partial charge in [-0.1, -0.05) is 11.6 Å². The van der Waals surface area contributed by atoms with Crippen LogP contribution in [0.4, 0.5) is 11.4 Å². The number of piperidine rings is 1. The maximum atomic E-state index is 12.1. The van der Waals surface area contributed by atoms with Gasteiger partial charge in [0.1, 0.15) is 0 Å². The monoisotopic (exact) mass is 310 g/mol. The second-order valence-corrected chi connectivity index (χ2v) is 6.13. The van der Waals surface area contributed by atoms with Crippen molar-refractivity contribution in [3.63, 3.8) is 0 Å². The maximum Gasteiger partial charge on any atom is 0.238 e. The molecule has 2 rings (SSSR count). The number of likely N-dealkylation sites (tertiary alicyclic amines) is 1. The van der Waals surface area contributed by atoms with Gasteiger partial charge >= 0.3 is 0 Å². The van der Waals surface area contributed by atoms with Crippen molar-refractivity contribution in [2.45, 2.75) is 18.9 Å². The first kappa shape index (κ1) is 16.1. The van der Waals surface area contributed by atoms with E-state index in [0.29, 0.717) is 11.6 Å². The summed E-state index contributed by atoms with van der Waals surface area (Å²) in [7, 11) is 3.86. The van der Waals surface area contributed by atoms with Crippen LogP contribution in [0, 0.1) is 0 Å². The van der Waals surface area contributed by atoms with Gasteiger partial charge in [-0.2, -0.15) is 0 Å². The number of halogens is 1. The van der Waals surface area contributed by atoms with Gasteiger partial charge < -0.3 is 16.0 Å². The summed E-state index contributed by atoms with van der Waals surface area (Å²) in [6.45, 7) is 2.17. The number of carbonyl (C=O) groups excluding carboxylic acids is 1. The zero-order chi connectivity index (χ0) is 15.4. The van der Waals surface area contributed by atoms with Crippen molar-refractivity contribution < 1.29 is 4.79 Å². The summed E-state index contributed by atoms with van der Waals surface area (Å²) >= 11 is 6.20. The molecule has 0 unspecified atom stereocenters. The van der Waals surface area contributed by atoms with E-state index < -0.39 is 0 Å². The number of benzene rings is 1. The third-order valence-electron chi connectivity index (χ3n) is 3.71. The summed E-state index contributed by atoms with van der Waals surface area (Å²) in [4.78, 5) is 16.1. The summed E-state index contributed by atoms with van der Waals surface area (Å²) in [5, 5.41) is 3.52. The molecule has 6 heteroatoms. The van der Waals surface area contributed by atoms with Crippen LogP contribution in [0.25, 0.3) is 0 Å². The first-order chi connectivity index (χ1) is 9.95. The molecule has 0 aliphatic carbocycles. The Morgan fingerprint density at radius 1 is 1.43 bits per heavy atom. The highest BCUT2D eigenvalue weighted by Gasteiger charge is 2.18. The molecule has 0 aromatic heterocycles. The summed E-state index contributed by atoms with van der Waals surface area (Å²) in [6.07, 6.45) is 1.91. The largest absolute Gasteiger partial charge is 0.376 e. The van der Waals surface area contributed by atoms with Crippen LogP contribution in [0.2, 0.25) is 5.02 Å². The summed E-state index contributed by atoms with van der Waals surface area (Å²) in [6, 6.07) is 5.82. The number of nitrogens with two attached hydrogens (primary N) is 1. The van der Waals surface area contributed by atoms with Gasteiger partial charge in [-0.15, -0.1) is 0 Å². The minimum atomic E-state index is -0.0147. The average Bonchev–Trinajstić information content (AvgIpc) is 2.41. The van der Waals surface area contributed by atoms with E-state index in [2.05, 4.69) is 10.2 Å². The Morgan fingerprint density at radius 2 is 2.10 bits per heavy atom. The van der Waals surface area contributed by atoms with E-state index in [4.69, 9.17) is 17.3 Å². The summed E-state index contributed by atoms with van der Waals surface area (Å²) in [5.74, 6) is -0.0147.